The van der Waals surface area contributed by atoms with Gasteiger partial charge in [0.05, 0.1) is 0 Å². The molecule has 2 heterocycles. The zero-order valence-electron chi connectivity index (χ0n) is 11.2. The number of nitrogens with zero attached hydrogens (tertiary/aromatic N) is 5. The van der Waals surface area contributed by atoms with Crippen LogP contribution in [-0.4, -0.2) is 65.3 Å². The van der Waals surface area contributed by atoms with Gasteiger partial charge in [0.25, 0.3) is 10.0 Å². The lowest BCUT2D eigenvalue weighted by atomic mass is 10.1. The number of piperazine rings is 1. The molecule has 0 bridgehead atoms. The highest BCUT2D eigenvalue weighted by molar-refractivity contribution is 9.10. The molecule has 1 fully saturated rings. The second-order valence-electron chi connectivity index (χ2n) is 4.71. The van der Waals surface area contributed by atoms with Gasteiger partial charge in [-0.3, -0.25) is 0 Å². The number of hydrogen-bond acceptors (Lipinski definition) is 5. The van der Waals surface area contributed by atoms with Crippen LogP contribution in [0.3, 0.4) is 0 Å². The summed E-state index contributed by atoms with van der Waals surface area (Å²) in [4.78, 5) is 2.20. The molecule has 1 saturated heterocycles. The molecule has 0 amide bonds. The summed E-state index contributed by atoms with van der Waals surface area (Å²) < 4.78 is 28.3. The third-order valence-corrected chi connectivity index (χ3v) is 6.29. The highest BCUT2D eigenvalue weighted by atomic mass is 79.9. The van der Waals surface area contributed by atoms with Gasteiger partial charge in [-0.15, -0.1) is 5.10 Å². The van der Waals surface area contributed by atoms with Gasteiger partial charge in [-0.1, -0.05) is 12.1 Å². The molecule has 1 aliphatic rings. The van der Waals surface area contributed by atoms with Crippen molar-refractivity contribution in [3.05, 3.63) is 4.60 Å². The Hall–Kier alpha value is -0.510. The second kappa shape index (κ2) is 5.47. The minimum absolute atomic E-state index is 0.118. The van der Waals surface area contributed by atoms with Crippen LogP contribution in [0.25, 0.3) is 0 Å². The molecular weight excluding hydrogens is 334 g/mol. The van der Waals surface area contributed by atoms with E-state index in [0.717, 1.165) is 13.0 Å². The third-order valence-electron chi connectivity index (χ3n) is 3.53. The molecule has 0 aromatic carbocycles. The fraction of sp³-hybridized carbons (Fsp3) is 0.800. The van der Waals surface area contributed by atoms with Crippen molar-refractivity contribution in [1.82, 2.24) is 24.2 Å². The molecule has 0 spiro atoms. The molecular formula is C10H18BrN5O2S. The van der Waals surface area contributed by atoms with Gasteiger partial charge in [0, 0.05) is 32.7 Å². The summed E-state index contributed by atoms with van der Waals surface area (Å²) >= 11 is 3.15. The molecule has 0 radical (unpaired) electrons. The number of halogens is 1. The lowest BCUT2D eigenvalue weighted by molar-refractivity contribution is 0.143. The maximum absolute atomic E-state index is 12.6. The van der Waals surface area contributed by atoms with Gasteiger partial charge < -0.3 is 4.90 Å². The molecule has 0 N–H and O–H groups in total. The maximum atomic E-state index is 12.6. The Bertz CT molecular complexity index is 539. The van der Waals surface area contributed by atoms with Crippen LogP contribution in [-0.2, 0) is 17.1 Å². The zero-order chi connectivity index (χ0) is 14.2. The van der Waals surface area contributed by atoms with Gasteiger partial charge in [-0.2, -0.15) is 4.31 Å². The van der Waals surface area contributed by atoms with Crippen molar-refractivity contribution in [2.24, 2.45) is 7.05 Å². The monoisotopic (exact) mass is 351 g/mol. The SMILES string of the molecule is CCC1CN(S(=O)(=O)c2c(Br)nnn2C)CCN1C. The molecule has 1 atom stereocenters. The van der Waals surface area contributed by atoms with Crippen LogP contribution in [0.2, 0.25) is 0 Å². The van der Waals surface area contributed by atoms with Crippen LogP contribution in [0.4, 0.5) is 0 Å². The quantitative estimate of drug-likeness (QED) is 0.782. The average molecular weight is 352 g/mol. The minimum atomic E-state index is -3.55. The normalized spacial score (nSPS) is 22.8. The highest BCUT2D eigenvalue weighted by Gasteiger charge is 2.35. The fourth-order valence-electron chi connectivity index (χ4n) is 2.30. The Kier molecular flexibility index (Phi) is 4.29. The standard InChI is InChI=1S/C10H18BrN5O2S/c1-4-8-7-16(6-5-14(8)2)19(17,18)10-9(11)12-13-15(10)3/h8H,4-7H2,1-3H3. The van der Waals surface area contributed by atoms with E-state index >= 15 is 0 Å². The fourth-order valence-corrected chi connectivity index (χ4v) is 4.80. The summed E-state index contributed by atoms with van der Waals surface area (Å²) in [5.74, 6) is 0. The Labute approximate surface area is 121 Å². The van der Waals surface area contributed by atoms with Gasteiger partial charge in [-0.25, -0.2) is 13.1 Å². The lowest BCUT2D eigenvalue weighted by Gasteiger charge is -2.38. The molecule has 2 rings (SSSR count). The van der Waals surface area contributed by atoms with Gasteiger partial charge in [0.2, 0.25) is 5.03 Å². The van der Waals surface area contributed by atoms with E-state index in [0.29, 0.717) is 13.1 Å². The third kappa shape index (κ3) is 2.69. The van der Waals surface area contributed by atoms with Gasteiger partial charge in [-0.05, 0) is 29.4 Å². The molecule has 0 aliphatic carbocycles. The van der Waals surface area contributed by atoms with Crippen molar-refractivity contribution < 1.29 is 8.42 Å². The molecule has 1 aromatic rings. The van der Waals surface area contributed by atoms with E-state index in [1.165, 1.54) is 8.99 Å². The van der Waals surface area contributed by atoms with Crippen LogP contribution in [0.1, 0.15) is 13.3 Å². The van der Waals surface area contributed by atoms with Crippen LogP contribution >= 0.6 is 15.9 Å². The summed E-state index contributed by atoms with van der Waals surface area (Å²) in [5.41, 5.74) is 0. The number of aryl methyl sites for hydroxylation is 1. The lowest BCUT2D eigenvalue weighted by Crippen LogP contribution is -2.53. The van der Waals surface area contributed by atoms with Crippen LogP contribution in [0.15, 0.2) is 9.63 Å². The van der Waals surface area contributed by atoms with E-state index in [4.69, 9.17) is 0 Å². The maximum Gasteiger partial charge on any atom is 0.263 e. The number of hydrogen-bond donors (Lipinski definition) is 0. The van der Waals surface area contributed by atoms with Gasteiger partial charge in [0.15, 0.2) is 4.60 Å². The molecule has 9 heteroatoms. The van der Waals surface area contributed by atoms with Gasteiger partial charge >= 0.3 is 0 Å². The van der Waals surface area contributed by atoms with Crippen molar-refractivity contribution >= 4 is 26.0 Å². The Morgan fingerprint density at radius 1 is 1.37 bits per heavy atom. The molecule has 1 aromatic heterocycles. The molecule has 19 heavy (non-hydrogen) atoms. The van der Waals surface area contributed by atoms with Crippen LogP contribution in [0.5, 0.6) is 0 Å². The first-order chi connectivity index (χ1) is 8.87. The molecule has 1 aliphatic heterocycles. The number of likely N-dealkylation sites (N-methyl/N-ethyl adjacent to an activating group) is 1. The number of rotatable bonds is 3. The van der Waals surface area contributed by atoms with E-state index in [9.17, 15) is 8.42 Å². The molecule has 1 unspecified atom stereocenters. The van der Waals surface area contributed by atoms with E-state index in [-0.39, 0.29) is 15.7 Å². The number of aromatic nitrogens is 3. The van der Waals surface area contributed by atoms with E-state index in [1.54, 1.807) is 7.05 Å². The summed E-state index contributed by atoms with van der Waals surface area (Å²) in [5, 5.41) is 7.60. The second-order valence-corrected chi connectivity index (χ2v) is 7.32. The first-order valence-electron chi connectivity index (χ1n) is 6.13. The predicted octanol–water partition coefficient (Wildman–Crippen LogP) is 0.292. The van der Waals surface area contributed by atoms with Crippen LogP contribution in [0, 0.1) is 0 Å². The molecule has 0 saturated carbocycles. The average Bonchev–Trinajstić information content (AvgIpc) is 2.69. The molecule has 7 nitrogen and oxygen atoms in total. The van der Waals surface area contributed by atoms with Crippen molar-refractivity contribution in [3.8, 4) is 0 Å². The zero-order valence-corrected chi connectivity index (χ0v) is 13.6. The Morgan fingerprint density at radius 2 is 2.05 bits per heavy atom. The first-order valence-corrected chi connectivity index (χ1v) is 8.36. The van der Waals surface area contributed by atoms with Crippen molar-refractivity contribution in [2.75, 3.05) is 26.7 Å². The first kappa shape index (κ1) is 14.9. The van der Waals surface area contributed by atoms with E-state index in [1.807, 2.05) is 7.05 Å². The van der Waals surface area contributed by atoms with Crippen molar-refractivity contribution in [1.29, 1.82) is 0 Å². The van der Waals surface area contributed by atoms with Crippen molar-refractivity contribution in [3.63, 3.8) is 0 Å². The van der Waals surface area contributed by atoms with Gasteiger partial charge in [0.1, 0.15) is 0 Å². The predicted molar refractivity (Wildman–Crippen MR) is 74.2 cm³/mol. The van der Waals surface area contributed by atoms with E-state index in [2.05, 4.69) is 38.1 Å². The smallest absolute Gasteiger partial charge is 0.263 e. The Morgan fingerprint density at radius 3 is 2.58 bits per heavy atom. The summed E-state index contributed by atoms with van der Waals surface area (Å²) in [7, 11) is 0.0601. The van der Waals surface area contributed by atoms with Crippen LogP contribution < -0.4 is 0 Å². The molecule has 108 valence electrons. The summed E-state index contributed by atoms with van der Waals surface area (Å²) in [6, 6.07) is 0.253. The summed E-state index contributed by atoms with van der Waals surface area (Å²) in [6.07, 6.45) is 0.924. The van der Waals surface area contributed by atoms with E-state index < -0.39 is 10.0 Å². The Balaban J connectivity index is 2.31. The largest absolute Gasteiger partial charge is 0.301 e. The number of sulfonamides is 1. The minimum Gasteiger partial charge on any atom is -0.301 e. The van der Waals surface area contributed by atoms with Crippen molar-refractivity contribution in [2.45, 2.75) is 24.4 Å². The highest BCUT2D eigenvalue weighted by Crippen LogP contribution is 2.24. The topological polar surface area (TPSA) is 71.3 Å². The summed E-state index contributed by atoms with van der Waals surface area (Å²) in [6.45, 7) is 3.80.